The number of rotatable bonds is 10. The highest BCUT2D eigenvalue weighted by atomic mass is 19.1. The fourth-order valence-corrected chi connectivity index (χ4v) is 6.02. The Labute approximate surface area is 230 Å². The number of halogens is 1. The molecular formula is C31H40FN3O4. The highest BCUT2D eigenvalue weighted by molar-refractivity contribution is 5.92. The van der Waals surface area contributed by atoms with E-state index in [0.717, 1.165) is 55.5 Å². The predicted octanol–water partition coefficient (Wildman–Crippen LogP) is 5.33. The van der Waals surface area contributed by atoms with Crippen molar-refractivity contribution in [1.29, 1.82) is 0 Å². The van der Waals surface area contributed by atoms with Crippen LogP contribution >= 0.6 is 0 Å². The van der Waals surface area contributed by atoms with Gasteiger partial charge in [-0.1, -0.05) is 43.2 Å². The number of nitrogens with one attached hydrogen (secondary N) is 1. The van der Waals surface area contributed by atoms with Gasteiger partial charge in [0.05, 0.1) is 0 Å². The SMILES string of the molecule is Cc1c(CN2CCN(C(=O)C3CCCC3)[C@@H](C)C2)cc(F)cc1NC(=O)CC(CCC(=O)O)c1ccccc1. The van der Waals surface area contributed by atoms with Crippen LogP contribution in [0, 0.1) is 18.7 Å². The van der Waals surface area contributed by atoms with E-state index in [1.165, 1.54) is 12.1 Å². The molecule has 2 fully saturated rings. The van der Waals surface area contributed by atoms with Crippen molar-refractivity contribution in [1.82, 2.24) is 9.80 Å². The van der Waals surface area contributed by atoms with Crippen molar-refractivity contribution in [3.8, 4) is 0 Å². The minimum atomic E-state index is -0.903. The zero-order valence-corrected chi connectivity index (χ0v) is 23.0. The average Bonchev–Trinajstić information content (AvgIpc) is 3.44. The first-order chi connectivity index (χ1) is 18.7. The molecule has 2 N–H and O–H groups in total. The maximum atomic E-state index is 14.7. The molecule has 2 aliphatic rings. The first-order valence-electron chi connectivity index (χ1n) is 14.1. The quantitative estimate of drug-likeness (QED) is 0.427. The van der Waals surface area contributed by atoms with E-state index < -0.39 is 11.8 Å². The Morgan fingerprint density at radius 3 is 2.49 bits per heavy atom. The number of piperazine rings is 1. The summed E-state index contributed by atoms with van der Waals surface area (Å²) in [5.74, 6) is -1.40. The number of amides is 2. The molecule has 210 valence electrons. The Bertz CT molecular complexity index is 1170. The Morgan fingerprint density at radius 2 is 1.82 bits per heavy atom. The molecule has 2 amide bonds. The van der Waals surface area contributed by atoms with Crippen LogP contribution < -0.4 is 5.32 Å². The van der Waals surface area contributed by atoms with Crippen molar-refractivity contribution >= 4 is 23.5 Å². The van der Waals surface area contributed by atoms with E-state index in [2.05, 4.69) is 17.1 Å². The van der Waals surface area contributed by atoms with E-state index in [1.807, 2.05) is 42.2 Å². The lowest BCUT2D eigenvalue weighted by Gasteiger charge is -2.41. The second-order valence-electron chi connectivity index (χ2n) is 11.1. The standard InChI is InChI=1S/C31H40FN3O4/c1-21-19-34(14-15-35(21)31(39)24-10-6-7-11-24)20-26-16-27(32)18-28(22(26)2)33-29(36)17-25(12-13-30(37)38)23-8-4-3-5-9-23/h3-5,8-9,16,18,21,24-25H,6-7,10-15,17,19-20H2,1-2H3,(H,33,36)(H,37,38)/t21-,25?/m0/s1. The van der Waals surface area contributed by atoms with Crippen LogP contribution in [0.25, 0.3) is 0 Å². The number of hydrogen-bond acceptors (Lipinski definition) is 4. The molecule has 1 aliphatic heterocycles. The summed E-state index contributed by atoms with van der Waals surface area (Å²) in [4.78, 5) is 41.4. The molecule has 39 heavy (non-hydrogen) atoms. The third kappa shape index (κ3) is 7.66. The van der Waals surface area contributed by atoms with Crippen molar-refractivity contribution in [3.63, 3.8) is 0 Å². The van der Waals surface area contributed by atoms with Gasteiger partial charge in [0, 0.05) is 56.7 Å². The normalized spacial score (nSPS) is 19.2. The van der Waals surface area contributed by atoms with Crippen LogP contribution in [0.5, 0.6) is 0 Å². The van der Waals surface area contributed by atoms with Crippen LogP contribution in [0.4, 0.5) is 10.1 Å². The van der Waals surface area contributed by atoms with Crippen LogP contribution in [0.1, 0.15) is 74.5 Å². The summed E-state index contributed by atoms with van der Waals surface area (Å²) in [6.45, 7) is 6.61. The van der Waals surface area contributed by atoms with E-state index in [4.69, 9.17) is 5.11 Å². The molecule has 2 atom stereocenters. The van der Waals surface area contributed by atoms with Gasteiger partial charge in [0.15, 0.2) is 0 Å². The van der Waals surface area contributed by atoms with E-state index in [9.17, 15) is 18.8 Å². The van der Waals surface area contributed by atoms with Gasteiger partial charge in [-0.15, -0.1) is 0 Å². The molecule has 8 heteroatoms. The summed E-state index contributed by atoms with van der Waals surface area (Å²) in [5.41, 5.74) is 2.95. The van der Waals surface area contributed by atoms with Gasteiger partial charge in [-0.25, -0.2) is 4.39 Å². The van der Waals surface area contributed by atoms with Gasteiger partial charge in [0.1, 0.15) is 5.82 Å². The Hall–Kier alpha value is -3.26. The molecule has 1 saturated carbocycles. The summed E-state index contributed by atoms with van der Waals surface area (Å²) in [7, 11) is 0. The maximum Gasteiger partial charge on any atom is 0.303 e. The third-order valence-electron chi connectivity index (χ3n) is 8.26. The van der Waals surface area contributed by atoms with Crippen molar-refractivity contribution in [3.05, 3.63) is 65.0 Å². The molecule has 4 rings (SSSR count). The van der Waals surface area contributed by atoms with Crippen LogP contribution in [0.2, 0.25) is 0 Å². The van der Waals surface area contributed by atoms with E-state index in [0.29, 0.717) is 25.2 Å². The fraction of sp³-hybridized carbons (Fsp3) is 0.516. The zero-order chi connectivity index (χ0) is 27.9. The molecule has 0 aromatic heterocycles. The van der Waals surface area contributed by atoms with Gasteiger partial charge in [-0.3, -0.25) is 19.3 Å². The minimum Gasteiger partial charge on any atom is -0.481 e. The lowest BCUT2D eigenvalue weighted by atomic mass is 9.91. The van der Waals surface area contributed by atoms with E-state index in [-0.39, 0.29) is 42.5 Å². The zero-order valence-electron chi connectivity index (χ0n) is 23.0. The fourth-order valence-electron chi connectivity index (χ4n) is 6.02. The largest absolute Gasteiger partial charge is 0.481 e. The smallest absolute Gasteiger partial charge is 0.303 e. The third-order valence-corrected chi connectivity index (χ3v) is 8.26. The van der Waals surface area contributed by atoms with Crippen LogP contribution in [0.15, 0.2) is 42.5 Å². The summed E-state index contributed by atoms with van der Waals surface area (Å²) < 4.78 is 14.7. The topological polar surface area (TPSA) is 90.0 Å². The monoisotopic (exact) mass is 537 g/mol. The lowest BCUT2D eigenvalue weighted by molar-refractivity contribution is -0.140. The number of anilines is 1. The van der Waals surface area contributed by atoms with E-state index in [1.54, 1.807) is 0 Å². The lowest BCUT2D eigenvalue weighted by Crippen LogP contribution is -2.54. The molecule has 1 aliphatic carbocycles. The summed E-state index contributed by atoms with van der Waals surface area (Å²) in [6, 6.07) is 12.4. The second kappa shape index (κ2) is 13.2. The van der Waals surface area contributed by atoms with Gasteiger partial charge in [0.25, 0.3) is 0 Å². The van der Waals surface area contributed by atoms with Gasteiger partial charge in [-0.2, -0.15) is 0 Å². The molecule has 7 nitrogen and oxygen atoms in total. The highest BCUT2D eigenvalue weighted by Gasteiger charge is 2.33. The number of carbonyl (C=O) groups excluding carboxylic acids is 2. The van der Waals surface area contributed by atoms with E-state index >= 15 is 0 Å². The highest BCUT2D eigenvalue weighted by Crippen LogP contribution is 2.30. The van der Waals surface area contributed by atoms with Gasteiger partial charge < -0.3 is 15.3 Å². The van der Waals surface area contributed by atoms with Gasteiger partial charge >= 0.3 is 5.97 Å². The van der Waals surface area contributed by atoms with Gasteiger partial charge in [-0.05, 0) is 67.9 Å². The molecule has 2 aromatic rings. The summed E-state index contributed by atoms with van der Waals surface area (Å²) >= 11 is 0. The van der Waals surface area contributed by atoms with Crippen molar-refractivity contribution in [2.75, 3.05) is 25.0 Å². The number of carboxylic acids is 1. The average molecular weight is 538 g/mol. The Balaban J connectivity index is 1.39. The predicted molar refractivity (Wildman–Crippen MR) is 149 cm³/mol. The Morgan fingerprint density at radius 1 is 1.10 bits per heavy atom. The summed E-state index contributed by atoms with van der Waals surface area (Å²) in [5, 5.41) is 12.0. The van der Waals surface area contributed by atoms with Crippen LogP contribution in [0.3, 0.4) is 0 Å². The molecule has 0 bridgehead atoms. The number of benzene rings is 2. The number of aliphatic carboxylic acids is 1. The van der Waals surface area contributed by atoms with Crippen molar-refractivity contribution < 1.29 is 23.9 Å². The first-order valence-corrected chi connectivity index (χ1v) is 14.1. The van der Waals surface area contributed by atoms with Crippen LogP contribution in [-0.4, -0.2) is 58.4 Å². The van der Waals surface area contributed by atoms with Gasteiger partial charge in [0.2, 0.25) is 11.8 Å². The molecule has 1 saturated heterocycles. The molecule has 0 spiro atoms. The molecule has 1 unspecified atom stereocenters. The first kappa shape index (κ1) is 28.7. The maximum absolute atomic E-state index is 14.7. The molecular weight excluding hydrogens is 497 g/mol. The summed E-state index contributed by atoms with van der Waals surface area (Å²) in [6.07, 6.45) is 4.68. The number of carbonyl (C=O) groups is 3. The Kier molecular flexibility index (Phi) is 9.73. The number of nitrogens with zero attached hydrogens (tertiary/aromatic N) is 2. The molecule has 0 radical (unpaired) electrons. The van der Waals surface area contributed by atoms with Crippen molar-refractivity contribution in [2.24, 2.45) is 5.92 Å². The van der Waals surface area contributed by atoms with Crippen LogP contribution in [-0.2, 0) is 20.9 Å². The molecule has 1 heterocycles. The number of carboxylic acid groups (broad SMARTS) is 1. The molecule has 2 aromatic carbocycles. The second-order valence-corrected chi connectivity index (χ2v) is 11.1. The van der Waals surface area contributed by atoms with Crippen molar-refractivity contribution in [2.45, 2.75) is 77.3 Å². The minimum absolute atomic E-state index is 0.0338. The number of hydrogen-bond donors (Lipinski definition) is 2.